The number of carboxylic acid groups (broad SMARTS) is 1. The highest BCUT2D eigenvalue weighted by Gasteiger charge is 2.37. The van der Waals surface area contributed by atoms with Gasteiger partial charge >= 0.3 is 5.97 Å². The van der Waals surface area contributed by atoms with Crippen LogP contribution in [0.3, 0.4) is 0 Å². The van der Waals surface area contributed by atoms with Gasteiger partial charge in [-0.15, -0.1) is 0 Å². The first-order chi connectivity index (χ1) is 19.5. The molecule has 0 unspecified atom stereocenters. The number of nitrogens with zero attached hydrogens (tertiary/aromatic N) is 3. The van der Waals surface area contributed by atoms with E-state index in [0.717, 1.165) is 0 Å². The van der Waals surface area contributed by atoms with Crippen molar-refractivity contribution >= 4 is 22.6 Å². The Bertz CT molecular complexity index is 1360. The fourth-order valence-electron chi connectivity index (χ4n) is 5.60. The average molecular weight is 578 g/mol. The first-order valence-electron chi connectivity index (χ1n) is 13.5. The minimum Gasteiger partial charge on any atom is -0.497 e. The smallest absolute Gasteiger partial charge is 0.303 e. The number of fused-ring (bicyclic) bond motifs is 1. The number of benzene rings is 2. The molecule has 41 heavy (non-hydrogen) atoms. The Balaban J connectivity index is 1.43. The number of anilines is 1. The van der Waals surface area contributed by atoms with Gasteiger partial charge < -0.3 is 19.5 Å². The van der Waals surface area contributed by atoms with E-state index < -0.39 is 40.8 Å². The Morgan fingerprint density at radius 3 is 2.44 bits per heavy atom. The maximum atomic E-state index is 16.1. The molecular formula is C30H35F4N3O4. The molecule has 0 spiro atoms. The molecule has 2 aromatic carbocycles. The van der Waals surface area contributed by atoms with Gasteiger partial charge in [0.1, 0.15) is 24.3 Å². The Morgan fingerprint density at radius 1 is 1.15 bits per heavy atom. The van der Waals surface area contributed by atoms with Crippen molar-refractivity contribution in [2.75, 3.05) is 52.3 Å². The summed E-state index contributed by atoms with van der Waals surface area (Å²) < 4.78 is 67.5. The number of piperidine rings is 1. The molecule has 0 radical (unpaired) electrons. The zero-order valence-corrected chi connectivity index (χ0v) is 23.4. The van der Waals surface area contributed by atoms with Crippen LogP contribution in [-0.4, -0.2) is 68.4 Å². The van der Waals surface area contributed by atoms with Gasteiger partial charge in [0.15, 0.2) is 17.4 Å². The first-order valence-corrected chi connectivity index (χ1v) is 13.5. The van der Waals surface area contributed by atoms with Gasteiger partial charge in [-0.05, 0) is 62.4 Å². The molecule has 1 N–H and O–H groups in total. The van der Waals surface area contributed by atoms with E-state index in [0.29, 0.717) is 78.9 Å². The predicted molar refractivity (Wildman–Crippen MR) is 148 cm³/mol. The lowest BCUT2D eigenvalue weighted by Crippen LogP contribution is -2.42. The fourth-order valence-corrected chi connectivity index (χ4v) is 5.60. The summed E-state index contributed by atoms with van der Waals surface area (Å²) >= 11 is 0. The number of pyridine rings is 1. The lowest BCUT2D eigenvalue weighted by atomic mass is 9.71. The highest BCUT2D eigenvalue weighted by atomic mass is 19.1. The first kappa shape index (κ1) is 30.4. The molecule has 0 bridgehead atoms. The van der Waals surface area contributed by atoms with E-state index in [2.05, 4.69) is 4.98 Å². The SMILES string of the molecule is COc1ccc2ncc(N(C)C)c([C@H](F)CCC3(CC(=O)O)CCN(CCOc4c(F)cc(F)cc4F)CC3)c2c1. The summed E-state index contributed by atoms with van der Waals surface area (Å²) in [5, 5.41) is 10.3. The van der Waals surface area contributed by atoms with Crippen LogP contribution in [0.2, 0.25) is 0 Å². The number of rotatable bonds is 12. The second kappa shape index (κ2) is 12.9. The number of alkyl halides is 1. The summed E-state index contributed by atoms with van der Waals surface area (Å²) in [5.74, 6) is -4.22. The number of methoxy groups -OCH3 is 1. The average Bonchev–Trinajstić information content (AvgIpc) is 2.92. The van der Waals surface area contributed by atoms with Crippen molar-refractivity contribution in [2.45, 2.75) is 38.3 Å². The second-order valence-electron chi connectivity index (χ2n) is 10.8. The number of halogens is 4. The van der Waals surface area contributed by atoms with Gasteiger partial charge in [0.25, 0.3) is 0 Å². The number of aliphatic carboxylic acids is 1. The molecule has 1 atom stereocenters. The van der Waals surface area contributed by atoms with Crippen molar-refractivity contribution in [2.24, 2.45) is 5.41 Å². The van der Waals surface area contributed by atoms with Crippen molar-refractivity contribution in [3.63, 3.8) is 0 Å². The molecule has 7 nitrogen and oxygen atoms in total. The molecule has 4 rings (SSSR count). The maximum Gasteiger partial charge on any atom is 0.303 e. The number of hydrogen-bond donors (Lipinski definition) is 1. The lowest BCUT2D eigenvalue weighted by molar-refractivity contribution is -0.141. The van der Waals surface area contributed by atoms with E-state index in [9.17, 15) is 23.1 Å². The van der Waals surface area contributed by atoms with Crippen LogP contribution in [0.1, 0.15) is 43.8 Å². The van der Waals surface area contributed by atoms with Crippen LogP contribution in [0.25, 0.3) is 10.9 Å². The van der Waals surface area contributed by atoms with Crippen LogP contribution in [-0.2, 0) is 4.79 Å². The zero-order valence-electron chi connectivity index (χ0n) is 23.4. The molecule has 1 aliphatic heterocycles. The van der Waals surface area contributed by atoms with E-state index >= 15 is 4.39 Å². The molecule has 1 saturated heterocycles. The highest BCUT2D eigenvalue weighted by molar-refractivity contribution is 5.88. The topological polar surface area (TPSA) is 75.1 Å². The van der Waals surface area contributed by atoms with Gasteiger partial charge in [0, 0.05) is 43.7 Å². The van der Waals surface area contributed by atoms with Crippen molar-refractivity contribution in [3.8, 4) is 11.5 Å². The number of carboxylic acids is 1. The van der Waals surface area contributed by atoms with Crippen LogP contribution in [0, 0.1) is 22.9 Å². The van der Waals surface area contributed by atoms with Crippen LogP contribution in [0.5, 0.6) is 11.5 Å². The van der Waals surface area contributed by atoms with Gasteiger partial charge in [-0.2, -0.15) is 0 Å². The molecule has 2 heterocycles. The summed E-state index contributed by atoms with van der Waals surface area (Å²) in [6.07, 6.45) is 1.76. The van der Waals surface area contributed by atoms with E-state index in [1.807, 2.05) is 23.9 Å². The summed E-state index contributed by atoms with van der Waals surface area (Å²) in [4.78, 5) is 20.1. The van der Waals surface area contributed by atoms with Crippen LogP contribution in [0.4, 0.5) is 23.2 Å². The van der Waals surface area contributed by atoms with Gasteiger partial charge in [-0.25, -0.2) is 17.6 Å². The number of aromatic nitrogens is 1. The number of carbonyl (C=O) groups is 1. The number of hydrogen-bond acceptors (Lipinski definition) is 6. The Kier molecular flexibility index (Phi) is 9.57. The van der Waals surface area contributed by atoms with Crippen LogP contribution < -0.4 is 14.4 Å². The molecular weight excluding hydrogens is 542 g/mol. The third-order valence-corrected chi connectivity index (χ3v) is 7.88. The lowest BCUT2D eigenvalue weighted by Gasteiger charge is -2.41. The largest absolute Gasteiger partial charge is 0.497 e. The van der Waals surface area contributed by atoms with Crippen molar-refractivity contribution in [1.82, 2.24) is 9.88 Å². The number of ether oxygens (including phenoxy) is 2. The third kappa shape index (κ3) is 7.19. The molecule has 1 aliphatic rings. The molecule has 0 saturated carbocycles. The van der Waals surface area contributed by atoms with E-state index in [1.54, 1.807) is 31.5 Å². The Morgan fingerprint density at radius 2 is 1.83 bits per heavy atom. The monoisotopic (exact) mass is 577 g/mol. The standard InChI is InChI=1S/C30H35F4N3O4/c1-36(2)26-18-35-25-5-4-20(40-3)16-21(25)28(26)22(32)6-7-30(17-27(38)39)8-10-37(11-9-30)12-13-41-29-23(33)14-19(31)15-24(29)34/h4-5,14-16,18,22H,6-13,17H2,1-3H3,(H,38,39)/t22-/m1/s1. The van der Waals surface area contributed by atoms with Crippen molar-refractivity contribution < 1.29 is 36.9 Å². The van der Waals surface area contributed by atoms with Gasteiger partial charge in [0.05, 0.1) is 30.9 Å². The normalized spacial score (nSPS) is 16.0. The van der Waals surface area contributed by atoms with E-state index in [-0.39, 0.29) is 19.4 Å². The van der Waals surface area contributed by atoms with Crippen molar-refractivity contribution in [1.29, 1.82) is 0 Å². The fraction of sp³-hybridized carbons (Fsp3) is 0.467. The highest BCUT2D eigenvalue weighted by Crippen LogP contribution is 2.44. The minimum absolute atomic E-state index is 0.0240. The zero-order chi connectivity index (χ0) is 29.7. The summed E-state index contributed by atoms with van der Waals surface area (Å²) in [5.41, 5.74) is 1.19. The third-order valence-electron chi connectivity index (χ3n) is 7.88. The summed E-state index contributed by atoms with van der Waals surface area (Å²) in [6.45, 7) is 1.38. The maximum absolute atomic E-state index is 16.1. The molecule has 0 amide bonds. The quantitative estimate of drug-likeness (QED) is 0.259. The van der Waals surface area contributed by atoms with Crippen molar-refractivity contribution in [3.05, 3.63) is 59.5 Å². The van der Waals surface area contributed by atoms with E-state index in [1.165, 1.54) is 0 Å². The number of likely N-dealkylation sites (tertiary alicyclic amines) is 1. The van der Waals surface area contributed by atoms with Gasteiger partial charge in [-0.1, -0.05) is 0 Å². The molecule has 222 valence electrons. The predicted octanol–water partition coefficient (Wildman–Crippen LogP) is 6.15. The van der Waals surface area contributed by atoms with Gasteiger partial charge in [0.2, 0.25) is 0 Å². The Hall–Kier alpha value is -3.60. The minimum atomic E-state index is -1.36. The summed E-state index contributed by atoms with van der Waals surface area (Å²) in [7, 11) is 5.19. The van der Waals surface area contributed by atoms with Crippen LogP contribution >= 0.6 is 0 Å². The summed E-state index contributed by atoms with van der Waals surface area (Å²) in [6, 6.07) is 6.45. The molecule has 11 heteroatoms. The Labute approximate surface area is 236 Å². The van der Waals surface area contributed by atoms with E-state index in [4.69, 9.17) is 9.47 Å². The van der Waals surface area contributed by atoms with Gasteiger partial charge in [-0.3, -0.25) is 14.7 Å². The second-order valence-corrected chi connectivity index (χ2v) is 10.8. The molecule has 0 aliphatic carbocycles. The molecule has 1 fully saturated rings. The van der Waals surface area contributed by atoms with Crippen LogP contribution in [0.15, 0.2) is 36.5 Å². The molecule has 1 aromatic heterocycles. The molecule has 3 aromatic rings.